The predicted octanol–water partition coefficient (Wildman–Crippen LogP) is 2.42. The van der Waals surface area contributed by atoms with Gasteiger partial charge < -0.3 is 14.3 Å². The Hall–Kier alpha value is -1.01. The second-order valence-corrected chi connectivity index (χ2v) is 7.41. The summed E-state index contributed by atoms with van der Waals surface area (Å²) in [6.45, 7) is 6.00. The lowest BCUT2D eigenvalue weighted by Crippen LogP contribution is -2.49. The molecule has 2 fully saturated rings. The van der Waals surface area contributed by atoms with Gasteiger partial charge >= 0.3 is 0 Å². The van der Waals surface area contributed by atoms with Crippen molar-refractivity contribution in [3.63, 3.8) is 0 Å². The van der Waals surface area contributed by atoms with Crippen LogP contribution in [0.2, 0.25) is 0 Å². The lowest BCUT2D eigenvalue weighted by molar-refractivity contribution is 0.0635. The topological polar surface area (TPSA) is 49.6 Å². The normalized spacial score (nSPS) is 24.2. The largest absolute Gasteiger partial charge is 0.361 e. The zero-order valence-corrected chi connectivity index (χ0v) is 14.1. The molecule has 2 aliphatic heterocycles. The van der Waals surface area contributed by atoms with E-state index in [1.165, 1.54) is 32.4 Å². The third kappa shape index (κ3) is 3.84. The number of aromatic nitrogens is 1. The van der Waals surface area contributed by atoms with E-state index >= 15 is 0 Å². The summed E-state index contributed by atoms with van der Waals surface area (Å²) in [5.41, 5.74) is 0.452. The summed E-state index contributed by atoms with van der Waals surface area (Å²) >= 11 is 1.97. The van der Waals surface area contributed by atoms with E-state index in [1.807, 2.05) is 23.6 Å². The lowest BCUT2D eigenvalue weighted by Gasteiger charge is -2.35. The minimum Gasteiger partial charge on any atom is -0.361 e. The van der Waals surface area contributed by atoms with Crippen LogP contribution in [0.1, 0.15) is 41.9 Å². The molecule has 22 heavy (non-hydrogen) atoms. The van der Waals surface area contributed by atoms with E-state index in [-0.39, 0.29) is 11.9 Å². The van der Waals surface area contributed by atoms with Crippen LogP contribution in [-0.2, 0) is 0 Å². The Morgan fingerprint density at radius 2 is 2.14 bits per heavy atom. The number of carbonyl (C=O) groups is 1. The molecule has 0 N–H and O–H groups in total. The average Bonchev–Trinajstić information content (AvgIpc) is 2.84. The van der Waals surface area contributed by atoms with E-state index in [9.17, 15) is 4.79 Å². The first-order chi connectivity index (χ1) is 10.7. The van der Waals surface area contributed by atoms with Gasteiger partial charge in [-0.3, -0.25) is 4.79 Å². The zero-order chi connectivity index (χ0) is 15.4. The minimum absolute atomic E-state index is 0.0290. The van der Waals surface area contributed by atoms with Crippen molar-refractivity contribution < 1.29 is 9.32 Å². The van der Waals surface area contributed by atoms with Gasteiger partial charge in [0.1, 0.15) is 5.76 Å². The molecule has 3 heterocycles. The molecule has 1 amide bonds. The van der Waals surface area contributed by atoms with E-state index in [1.54, 1.807) is 6.07 Å². The van der Waals surface area contributed by atoms with Crippen molar-refractivity contribution in [2.75, 3.05) is 37.7 Å². The second kappa shape index (κ2) is 7.51. The minimum atomic E-state index is 0.0290. The molecule has 0 saturated carbocycles. The number of likely N-dealkylation sites (tertiary alicyclic amines) is 1. The fourth-order valence-corrected chi connectivity index (χ4v) is 4.36. The van der Waals surface area contributed by atoms with Crippen molar-refractivity contribution in [3.8, 4) is 0 Å². The number of carbonyl (C=O) groups excluding carboxylic acids is 1. The number of hydrogen-bond acceptors (Lipinski definition) is 5. The summed E-state index contributed by atoms with van der Waals surface area (Å²) in [7, 11) is 0. The van der Waals surface area contributed by atoms with Crippen LogP contribution < -0.4 is 0 Å². The van der Waals surface area contributed by atoms with Gasteiger partial charge in [-0.2, -0.15) is 11.8 Å². The van der Waals surface area contributed by atoms with Crippen LogP contribution in [0, 0.1) is 6.92 Å². The highest BCUT2D eigenvalue weighted by Gasteiger charge is 2.30. The van der Waals surface area contributed by atoms with Gasteiger partial charge in [-0.15, -0.1) is 0 Å². The van der Waals surface area contributed by atoms with Crippen LogP contribution in [0.15, 0.2) is 10.6 Å². The van der Waals surface area contributed by atoms with Gasteiger partial charge in [-0.25, -0.2) is 0 Å². The summed E-state index contributed by atoms with van der Waals surface area (Å²) in [6.07, 6.45) is 4.98. The van der Waals surface area contributed by atoms with Crippen molar-refractivity contribution in [2.45, 2.75) is 38.6 Å². The molecule has 2 aliphatic rings. The molecule has 1 atom stereocenters. The third-order valence-corrected chi connectivity index (χ3v) is 5.66. The molecule has 6 heteroatoms. The molecule has 1 aromatic rings. The molecule has 0 spiro atoms. The molecule has 122 valence electrons. The maximum atomic E-state index is 12.8. The number of amides is 1. The molecule has 0 aromatic carbocycles. The number of hydrogen-bond donors (Lipinski definition) is 0. The smallest absolute Gasteiger partial charge is 0.276 e. The SMILES string of the molecule is Cc1cc(C(=O)N2CCCSCC2CN2CCCCC2)no1. The molecule has 1 unspecified atom stereocenters. The highest BCUT2D eigenvalue weighted by Crippen LogP contribution is 2.21. The molecule has 1 aromatic heterocycles. The van der Waals surface area contributed by atoms with Crippen LogP contribution >= 0.6 is 11.8 Å². The standard InChI is InChI=1S/C16H25N3O2S/c1-13-10-15(17-21-13)16(20)19-8-5-9-22-12-14(19)11-18-6-3-2-4-7-18/h10,14H,2-9,11-12H2,1H3. The Labute approximate surface area is 136 Å². The average molecular weight is 323 g/mol. The molecule has 2 saturated heterocycles. The zero-order valence-electron chi connectivity index (χ0n) is 13.3. The second-order valence-electron chi connectivity index (χ2n) is 6.26. The summed E-state index contributed by atoms with van der Waals surface area (Å²) in [4.78, 5) is 17.3. The van der Waals surface area contributed by atoms with Crippen LogP contribution in [0.25, 0.3) is 0 Å². The summed E-state index contributed by atoms with van der Waals surface area (Å²) < 4.78 is 5.08. The van der Waals surface area contributed by atoms with E-state index in [2.05, 4.69) is 10.1 Å². The molecule has 5 nitrogen and oxygen atoms in total. The molecule has 0 bridgehead atoms. The monoisotopic (exact) mass is 323 g/mol. The Morgan fingerprint density at radius 1 is 1.32 bits per heavy atom. The Bertz CT molecular complexity index is 499. The van der Waals surface area contributed by atoms with Crippen LogP contribution in [-0.4, -0.2) is 64.6 Å². The first-order valence-corrected chi connectivity index (χ1v) is 9.44. The van der Waals surface area contributed by atoms with Crippen molar-refractivity contribution in [3.05, 3.63) is 17.5 Å². The number of aryl methyl sites for hydroxylation is 1. The maximum Gasteiger partial charge on any atom is 0.276 e. The number of piperidine rings is 1. The van der Waals surface area contributed by atoms with E-state index in [0.29, 0.717) is 11.5 Å². The first kappa shape index (κ1) is 15.9. The van der Waals surface area contributed by atoms with Gasteiger partial charge in [-0.1, -0.05) is 11.6 Å². The van der Waals surface area contributed by atoms with E-state index in [0.717, 1.165) is 31.0 Å². The van der Waals surface area contributed by atoms with Gasteiger partial charge in [0.15, 0.2) is 5.69 Å². The van der Waals surface area contributed by atoms with E-state index < -0.39 is 0 Å². The van der Waals surface area contributed by atoms with Crippen LogP contribution in [0.3, 0.4) is 0 Å². The predicted molar refractivity (Wildman–Crippen MR) is 88.3 cm³/mol. The number of thioether (sulfide) groups is 1. The van der Waals surface area contributed by atoms with Gasteiger partial charge in [0.2, 0.25) is 0 Å². The Kier molecular flexibility index (Phi) is 5.41. The quantitative estimate of drug-likeness (QED) is 0.855. The Balaban J connectivity index is 1.70. The van der Waals surface area contributed by atoms with Crippen LogP contribution in [0.5, 0.6) is 0 Å². The van der Waals surface area contributed by atoms with Gasteiger partial charge in [-0.05, 0) is 45.0 Å². The van der Waals surface area contributed by atoms with Gasteiger partial charge in [0.05, 0.1) is 6.04 Å². The fourth-order valence-electron chi connectivity index (χ4n) is 3.30. The molecular weight excluding hydrogens is 298 g/mol. The van der Waals surface area contributed by atoms with Crippen LogP contribution in [0.4, 0.5) is 0 Å². The highest BCUT2D eigenvalue weighted by molar-refractivity contribution is 7.99. The first-order valence-electron chi connectivity index (χ1n) is 8.28. The molecule has 3 rings (SSSR count). The fraction of sp³-hybridized carbons (Fsp3) is 0.750. The van der Waals surface area contributed by atoms with Crippen molar-refractivity contribution in [1.29, 1.82) is 0 Å². The van der Waals surface area contributed by atoms with Gasteiger partial charge in [0, 0.05) is 24.9 Å². The summed E-state index contributed by atoms with van der Waals surface area (Å²) in [6, 6.07) is 2.04. The van der Waals surface area contributed by atoms with E-state index in [4.69, 9.17) is 4.52 Å². The molecule has 0 aliphatic carbocycles. The van der Waals surface area contributed by atoms with Gasteiger partial charge in [0.25, 0.3) is 5.91 Å². The summed E-state index contributed by atoms with van der Waals surface area (Å²) in [5, 5.41) is 3.92. The maximum absolute atomic E-state index is 12.8. The number of nitrogens with zero attached hydrogens (tertiary/aromatic N) is 3. The Morgan fingerprint density at radius 3 is 2.86 bits per heavy atom. The summed E-state index contributed by atoms with van der Waals surface area (Å²) in [5.74, 6) is 2.89. The highest BCUT2D eigenvalue weighted by atomic mass is 32.2. The lowest BCUT2D eigenvalue weighted by atomic mass is 10.1. The van der Waals surface area contributed by atoms with Crippen molar-refractivity contribution >= 4 is 17.7 Å². The number of rotatable bonds is 3. The van der Waals surface area contributed by atoms with Crippen molar-refractivity contribution in [2.24, 2.45) is 0 Å². The molecule has 0 radical (unpaired) electrons. The van der Waals surface area contributed by atoms with Crippen molar-refractivity contribution in [1.82, 2.24) is 15.0 Å². The molecular formula is C16H25N3O2S. The third-order valence-electron chi connectivity index (χ3n) is 4.46.